The average Bonchev–Trinajstić information content (AvgIpc) is 3.54. The van der Waals surface area contributed by atoms with Crippen LogP contribution in [0.5, 0.6) is 0 Å². The molecule has 0 unspecified atom stereocenters. The summed E-state index contributed by atoms with van der Waals surface area (Å²) in [5.74, 6) is -0.351. The molecule has 3 aromatic heterocycles. The van der Waals surface area contributed by atoms with E-state index in [1.54, 1.807) is 23.1 Å². The first-order valence-electron chi connectivity index (χ1n) is 9.55. The molecule has 0 bridgehead atoms. The van der Waals surface area contributed by atoms with Crippen LogP contribution in [0.4, 0.5) is 5.69 Å². The van der Waals surface area contributed by atoms with E-state index in [2.05, 4.69) is 36.2 Å². The number of tetrazole rings is 1. The van der Waals surface area contributed by atoms with Crippen LogP contribution in [0.2, 0.25) is 0 Å². The fourth-order valence-corrected chi connectivity index (χ4v) is 2.84. The highest BCUT2D eigenvalue weighted by molar-refractivity contribution is 6.07. The van der Waals surface area contributed by atoms with Gasteiger partial charge in [0.15, 0.2) is 18.1 Å². The van der Waals surface area contributed by atoms with Crippen molar-refractivity contribution < 1.29 is 9.59 Å². The molecule has 31 heavy (non-hydrogen) atoms. The normalized spacial score (nSPS) is 10.8. The van der Waals surface area contributed by atoms with Crippen LogP contribution in [0.25, 0.3) is 11.4 Å². The van der Waals surface area contributed by atoms with Gasteiger partial charge < -0.3 is 10.6 Å². The Kier molecular flexibility index (Phi) is 5.51. The van der Waals surface area contributed by atoms with Crippen molar-refractivity contribution in [2.24, 2.45) is 0 Å². The number of rotatable bonds is 7. The lowest BCUT2D eigenvalue weighted by atomic mass is 10.2. The minimum atomic E-state index is -0.462. The van der Waals surface area contributed by atoms with Gasteiger partial charge in [0.1, 0.15) is 0 Å². The van der Waals surface area contributed by atoms with E-state index in [0.717, 1.165) is 5.56 Å². The zero-order chi connectivity index (χ0) is 21.8. The molecule has 2 amide bonds. The van der Waals surface area contributed by atoms with E-state index in [1.165, 1.54) is 16.5 Å². The summed E-state index contributed by atoms with van der Waals surface area (Å²) in [6.45, 7) is 2.63. The lowest BCUT2D eigenvalue weighted by Gasteiger charge is -2.03. The summed E-state index contributed by atoms with van der Waals surface area (Å²) in [4.78, 5) is 26.0. The molecular formula is C19H20N10O2. The third-order valence-electron chi connectivity index (χ3n) is 4.41. The number of hydrogen-bond acceptors (Lipinski definition) is 7. The molecule has 0 saturated carbocycles. The van der Waals surface area contributed by atoms with E-state index in [9.17, 15) is 9.59 Å². The highest BCUT2D eigenvalue weighted by Gasteiger charge is 2.19. The molecular weight excluding hydrogens is 400 g/mol. The Morgan fingerprint density at radius 2 is 1.81 bits per heavy atom. The van der Waals surface area contributed by atoms with Crippen LogP contribution in [-0.4, -0.2) is 58.6 Å². The Balaban J connectivity index is 1.46. The number of benzene rings is 1. The number of carbonyl (C=O) groups excluding carboxylic acids is 2. The molecule has 0 atom stereocenters. The molecule has 0 radical (unpaired) electrons. The van der Waals surface area contributed by atoms with E-state index in [0.29, 0.717) is 18.1 Å². The Morgan fingerprint density at radius 1 is 1.00 bits per heavy atom. The molecule has 158 valence electrons. The molecule has 0 spiro atoms. The van der Waals surface area contributed by atoms with Crippen LogP contribution < -0.4 is 10.6 Å². The van der Waals surface area contributed by atoms with Gasteiger partial charge in [0, 0.05) is 31.5 Å². The van der Waals surface area contributed by atoms with Gasteiger partial charge in [-0.05, 0) is 18.2 Å². The molecule has 0 aliphatic carbocycles. The average molecular weight is 420 g/mol. The Hall–Kier alpha value is -4.35. The maximum atomic E-state index is 12.6. The number of nitrogens with zero attached hydrogens (tertiary/aromatic N) is 8. The zero-order valence-corrected chi connectivity index (χ0v) is 16.9. The quantitative estimate of drug-likeness (QED) is 0.452. The van der Waals surface area contributed by atoms with Crippen LogP contribution in [-0.2, 0) is 13.2 Å². The van der Waals surface area contributed by atoms with E-state index in [-0.39, 0.29) is 24.0 Å². The smallest absolute Gasteiger partial charge is 0.276 e. The number of anilines is 1. The second-order valence-corrected chi connectivity index (χ2v) is 6.51. The highest BCUT2D eigenvalue weighted by Crippen LogP contribution is 2.15. The first kappa shape index (κ1) is 19.9. The van der Waals surface area contributed by atoms with E-state index in [1.807, 2.05) is 37.3 Å². The molecule has 4 aromatic rings. The van der Waals surface area contributed by atoms with Gasteiger partial charge in [-0.25, -0.2) is 4.68 Å². The number of amides is 2. The van der Waals surface area contributed by atoms with Gasteiger partial charge in [0.05, 0.1) is 5.69 Å². The largest absolute Gasteiger partial charge is 0.354 e. The third-order valence-corrected chi connectivity index (χ3v) is 4.41. The van der Waals surface area contributed by atoms with Crippen molar-refractivity contribution in [2.75, 3.05) is 12.4 Å². The summed E-state index contributed by atoms with van der Waals surface area (Å²) in [5.41, 5.74) is 1.48. The van der Waals surface area contributed by atoms with Crippen molar-refractivity contribution in [2.45, 2.75) is 20.1 Å². The lowest BCUT2D eigenvalue weighted by molar-refractivity contribution is 0.0958. The van der Waals surface area contributed by atoms with Crippen LogP contribution in [0.3, 0.4) is 0 Å². The highest BCUT2D eigenvalue weighted by atomic mass is 16.2. The fraction of sp³-hybridized carbons (Fsp3) is 0.211. The van der Waals surface area contributed by atoms with Gasteiger partial charge in [-0.2, -0.15) is 10.2 Å². The van der Waals surface area contributed by atoms with Crippen molar-refractivity contribution in [1.29, 1.82) is 0 Å². The molecule has 2 N–H and O–H groups in total. The van der Waals surface area contributed by atoms with Crippen molar-refractivity contribution >= 4 is 17.5 Å². The van der Waals surface area contributed by atoms with Gasteiger partial charge in [-0.1, -0.05) is 30.3 Å². The molecule has 0 saturated heterocycles. The molecule has 0 fully saturated rings. The Morgan fingerprint density at radius 3 is 2.55 bits per heavy atom. The summed E-state index contributed by atoms with van der Waals surface area (Å²) in [6.07, 6.45) is 3.24. The zero-order valence-electron chi connectivity index (χ0n) is 16.9. The first-order valence-corrected chi connectivity index (χ1v) is 9.55. The van der Waals surface area contributed by atoms with Crippen molar-refractivity contribution in [3.05, 3.63) is 60.2 Å². The van der Waals surface area contributed by atoms with Crippen molar-refractivity contribution in [3.63, 3.8) is 0 Å². The van der Waals surface area contributed by atoms with Crippen molar-refractivity contribution in [3.8, 4) is 11.4 Å². The summed E-state index contributed by atoms with van der Waals surface area (Å²) >= 11 is 0. The van der Waals surface area contributed by atoms with E-state index < -0.39 is 5.91 Å². The van der Waals surface area contributed by atoms with Gasteiger partial charge in [0.25, 0.3) is 11.8 Å². The standard InChI is InChI=1S/C19H20N10O2/c1-3-27-11-15(16(24-27)19(31)20-2)21-18(30)14-9-10-28(23-14)12-29-25-17(22-26-29)13-7-5-4-6-8-13/h4-11H,3,12H2,1-2H3,(H,20,31)(H,21,30). The predicted octanol–water partition coefficient (Wildman–Crippen LogP) is 0.871. The summed E-state index contributed by atoms with van der Waals surface area (Å²) in [5, 5.41) is 26.0. The minimum absolute atomic E-state index is 0.136. The first-order chi connectivity index (χ1) is 15.1. The van der Waals surface area contributed by atoms with Crippen LogP contribution in [0.15, 0.2) is 48.8 Å². The number of aromatic nitrogens is 8. The number of carbonyl (C=O) groups is 2. The summed E-state index contributed by atoms with van der Waals surface area (Å²) in [7, 11) is 1.50. The number of nitrogens with one attached hydrogen (secondary N) is 2. The molecule has 0 aliphatic rings. The fourth-order valence-electron chi connectivity index (χ4n) is 2.84. The van der Waals surface area contributed by atoms with Gasteiger partial charge in [0.2, 0.25) is 5.82 Å². The molecule has 12 heteroatoms. The maximum Gasteiger partial charge on any atom is 0.276 e. The molecule has 4 rings (SSSR count). The van der Waals surface area contributed by atoms with Gasteiger partial charge in [-0.15, -0.1) is 15.0 Å². The van der Waals surface area contributed by atoms with Gasteiger partial charge in [-0.3, -0.25) is 14.3 Å². The second-order valence-electron chi connectivity index (χ2n) is 6.51. The lowest BCUT2D eigenvalue weighted by Crippen LogP contribution is -2.22. The van der Waals surface area contributed by atoms with Crippen LogP contribution in [0, 0.1) is 0 Å². The monoisotopic (exact) mass is 420 g/mol. The molecule has 0 aliphatic heterocycles. The summed E-state index contributed by atoms with van der Waals surface area (Å²) < 4.78 is 3.08. The van der Waals surface area contributed by atoms with Crippen molar-refractivity contribution in [1.82, 2.24) is 45.1 Å². The SMILES string of the molecule is CCn1cc(NC(=O)c2ccn(Cn3nnc(-c4ccccc4)n3)n2)c(C(=O)NC)n1. The Bertz CT molecular complexity index is 1210. The maximum absolute atomic E-state index is 12.6. The summed E-state index contributed by atoms with van der Waals surface area (Å²) in [6, 6.07) is 11.1. The van der Waals surface area contributed by atoms with Gasteiger partial charge >= 0.3 is 0 Å². The number of hydrogen-bond donors (Lipinski definition) is 2. The van der Waals surface area contributed by atoms with E-state index in [4.69, 9.17) is 0 Å². The second kappa shape index (κ2) is 8.57. The molecule has 1 aromatic carbocycles. The van der Waals surface area contributed by atoms with E-state index >= 15 is 0 Å². The predicted molar refractivity (Wildman–Crippen MR) is 110 cm³/mol. The number of aryl methyl sites for hydroxylation is 1. The Labute approximate surface area is 176 Å². The minimum Gasteiger partial charge on any atom is -0.354 e. The van der Waals surface area contributed by atoms with Crippen LogP contribution >= 0.6 is 0 Å². The topological polar surface area (TPSA) is 137 Å². The molecule has 3 heterocycles. The molecule has 12 nitrogen and oxygen atoms in total. The third kappa shape index (κ3) is 4.32. The van der Waals surface area contributed by atoms with Crippen LogP contribution in [0.1, 0.15) is 27.9 Å².